The van der Waals surface area contributed by atoms with Crippen molar-refractivity contribution in [2.24, 2.45) is 5.92 Å². The Morgan fingerprint density at radius 2 is 1.78 bits per heavy atom. The number of carboxylic acid groups (broad SMARTS) is 1. The van der Waals surface area contributed by atoms with Gasteiger partial charge in [-0.2, -0.15) is 0 Å². The molecule has 8 heteroatoms. The molecule has 0 amide bonds. The molecule has 0 saturated heterocycles. The Morgan fingerprint density at radius 3 is 2.51 bits per heavy atom. The molecule has 0 aromatic heterocycles. The van der Waals surface area contributed by atoms with Crippen molar-refractivity contribution in [1.29, 1.82) is 0 Å². The van der Waals surface area contributed by atoms with Gasteiger partial charge in [0, 0.05) is 12.3 Å². The molecule has 2 N–H and O–H groups in total. The number of hydrogen-bond acceptors (Lipinski definition) is 5. The number of sulfone groups is 1. The van der Waals surface area contributed by atoms with Gasteiger partial charge >= 0.3 is 5.97 Å². The summed E-state index contributed by atoms with van der Waals surface area (Å²) in [6.07, 6.45) is 3.20. The molecule has 0 bridgehead atoms. The third kappa shape index (κ3) is 6.25. The predicted molar refractivity (Wildman–Crippen MR) is 141 cm³/mol. The van der Waals surface area contributed by atoms with E-state index in [0.717, 1.165) is 51.5 Å². The number of hydrogen-bond donors (Lipinski definition) is 1. The fourth-order valence-electron chi connectivity index (χ4n) is 4.78. The normalized spacial score (nSPS) is 18.1. The van der Waals surface area contributed by atoms with E-state index in [1.165, 1.54) is 6.26 Å². The quantitative estimate of drug-likeness (QED) is 0.304. The van der Waals surface area contributed by atoms with E-state index in [1.54, 1.807) is 0 Å². The number of aliphatic hydroxyl groups is 1. The topological polar surface area (TPSA) is 103 Å². The van der Waals surface area contributed by atoms with Crippen molar-refractivity contribution in [1.82, 2.24) is 0 Å². The number of rotatable bonds is 10. The van der Waals surface area contributed by atoms with Crippen molar-refractivity contribution >= 4 is 15.8 Å². The van der Waals surface area contributed by atoms with Crippen molar-refractivity contribution in [3.63, 3.8) is 0 Å². The number of carboxylic acids is 1. The van der Waals surface area contributed by atoms with Crippen LogP contribution in [0.5, 0.6) is 17.2 Å². The zero-order valence-corrected chi connectivity index (χ0v) is 21.5. The van der Waals surface area contributed by atoms with Gasteiger partial charge < -0.3 is 19.3 Å². The zero-order valence-electron chi connectivity index (χ0n) is 20.7. The number of ether oxygens (including phenoxy) is 3. The molecule has 1 aliphatic heterocycles. The molecule has 7 nitrogen and oxygen atoms in total. The summed E-state index contributed by atoms with van der Waals surface area (Å²) in [5.74, 6) is 1.67. The molecule has 1 heterocycles. The van der Waals surface area contributed by atoms with E-state index in [9.17, 15) is 13.2 Å². The first kappa shape index (κ1) is 25.1. The average molecular weight is 524 g/mol. The summed E-state index contributed by atoms with van der Waals surface area (Å²) < 4.78 is 39.2. The summed E-state index contributed by atoms with van der Waals surface area (Å²) in [5, 5.41) is 9.14. The van der Waals surface area contributed by atoms with Gasteiger partial charge in [-0.1, -0.05) is 18.2 Å². The molecule has 5 rings (SSSR count). The van der Waals surface area contributed by atoms with Gasteiger partial charge in [0.05, 0.1) is 30.3 Å². The Balaban J connectivity index is 1.25. The van der Waals surface area contributed by atoms with Crippen molar-refractivity contribution in [2.45, 2.75) is 31.8 Å². The number of carbonyl (C=O) groups is 1. The molecular weight excluding hydrogens is 492 g/mol. The highest BCUT2D eigenvalue weighted by molar-refractivity contribution is 7.90. The summed E-state index contributed by atoms with van der Waals surface area (Å²) in [6.45, 7) is 1.45. The minimum Gasteiger partial charge on any atom is -0.582 e. The van der Waals surface area contributed by atoms with Crippen LogP contribution in [0.2, 0.25) is 0 Å². The van der Waals surface area contributed by atoms with Gasteiger partial charge in [0.1, 0.15) is 27.9 Å². The molecule has 0 unspecified atom stereocenters. The van der Waals surface area contributed by atoms with Crippen molar-refractivity contribution in [3.8, 4) is 28.4 Å². The molecule has 3 aromatic rings. The van der Waals surface area contributed by atoms with Crippen LogP contribution in [0, 0.1) is 5.92 Å². The molecule has 1 aliphatic carbocycles. The van der Waals surface area contributed by atoms with Gasteiger partial charge in [-0.3, -0.25) is 4.79 Å². The minimum atomic E-state index is -2.99. The number of aromatic hydroxyl groups is 1. The lowest BCUT2D eigenvalue weighted by Gasteiger charge is -2.12. The summed E-state index contributed by atoms with van der Waals surface area (Å²) in [6, 6.07) is 19.9. The highest BCUT2D eigenvalue weighted by Gasteiger charge is 2.44. The smallest absolute Gasteiger partial charge is 0.307 e. The lowest BCUT2D eigenvalue weighted by atomic mass is 9.96. The summed E-state index contributed by atoms with van der Waals surface area (Å²) in [5.41, 5.74) is 5.39. The first-order valence-electron chi connectivity index (χ1n) is 12.5. The Bertz CT molecular complexity index is 1400. The third-order valence-corrected chi connectivity index (χ3v) is 7.87. The number of benzene rings is 3. The Morgan fingerprint density at radius 1 is 1.00 bits per heavy atom. The van der Waals surface area contributed by atoms with Crippen molar-refractivity contribution in [3.05, 3.63) is 77.4 Å². The standard InChI is InChI=1S/C29H30O7S/c1-37(32,33)14-2-12-34-23-8-9-24-21(16-23)11-13-35-28-10-3-19(15-26(24)28)18-36-22-6-4-20(5-7-22)25-17-27(25)29(30)31/h3-10,15-16,25,27H,2,11-14,17-18H2,1H3,(H,30,31)/p+1/t25-,27+/m1/s1. The van der Waals surface area contributed by atoms with Crippen LogP contribution in [-0.4, -0.2) is 49.5 Å². The van der Waals surface area contributed by atoms with Crippen molar-refractivity contribution in [2.75, 3.05) is 25.2 Å². The molecule has 0 radical (unpaired) electrons. The molecule has 1 fully saturated rings. The lowest BCUT2D eigenvalue weighted by Crippen LogP contribution is -2.08. The molecule has 194 valence electrons. The molecule has 0 spiro atoms. The number of aliphatic carboxylic acids is 1. The zero-order chi connectivity index (χ0) is 26.0. The van der Waals surface area contributed by atoms with E-state index >= 15 is 0 Å². The Labute approximate surface area is 216 Å². The average Bonchev–Trinajstić information content (AvgIpc) is 3.69. The molecule has 2 aliphatic rings. The van der Waals surface area contributed by atoms with Crippen LogP contribution in [0.4, 0.5) is 0 Å². The Hall–Kier alpha value is -3.52. The molecule has 2 atom stereocenters. The monoisotopic (exact) mass is 523 g/mol. The maximum absolute atomic E-state index is 11.3. The van der Waals surface area contributed by atoms with E-state index in [4.69, 9.17) is 19.3 Å². The molecule has 3 aromatic carbocycles. The first-order valence-corrected chi connectivity index (χ1v) is 14.5. The van der Waals surface area contributed by atoms with E-state index in [-0.39, 0.29) is 17.6 Å². The van der Waals surface area contributed by atoms with E-state index in [1.807, 2.05) is 54.6 Å². The first-order chi connectivity index (χ1) is 17.8. The highest BCUT2D eigenvalue weighted by atomic mass is 32.2. The summed E-state index contributed by atoms with van der Waals surface area (Å²) >= 11 is 0. The maximum Gasteiger partial charge on any atom is 0.307 e. The molecule has 1 saturated carbocycles. The second kappa shape index (κ2) is 10.5. The lowest BCUT2D eigenvalue weighted by molar-refractivity contribution is -0.138. The van der Waals surface area contributed by atoms with Crippen LogP contribution in [-0.2, 0) is 27.7 Å². The van der Waals surface area contributed by atoms with Crippen LogP contribution in [0.15, 0.2) is 60.7 Å². The van der Waals surface area contributed by atoms with Crippen LogP contribution >= 0.6 is 0 Å². The Kier molecular flexibility index (Phi) is 7.11. The van der Waals surface area contributed by atoms with Gasteiger partial charge in [-0.25, -0.2) is 8.42 Å². The van der Waals surface area contributed by atoms with Crippen molar-refractivity contribution < 1.29 is 32.5 Å². The SMILES string of the molecule is CS(=O)(=O)CCCOc1ccc2c(c1)CC[OH+]c1ccc(COc3ccc([C@H]4C[C@@H]4C(=O)O)cc3)cc1-2. The third-order valence-electron chi connectivity index (χ3n) is 6.84. The highest BCUT2D eigenvalue weighted by Crippen LogP contribution is 2.47. The maximum atomic E-state index is 11.3. The van der Waals surface area contributed by atoms with E-state index in [2.05, 4.69) is 6.07 Å². The molecular formula is C29H31O7S+. The van der Waals surface area contributed by atoms with Gasteiger partial charge in [0.2, 0.25) is 0 Å². The van der Waals surface area contributed by atoms with Gasteiger partial charge in [-0.15, -0.1) is 0 Å². The van der Waals surface area contributed by atoms with Gasteiger partial charge in [0.25, 0.3) is 5.75 Å². The van der Waals surface area contributed by atoms with Crippen LogP contribution < -0.4 is 9.47 Å². The predicted octanol–water partition coefficient (Wildman–Crippen LogP) is 4.73. The van der Waals surface area contributed by atoms with Gasteiger partial charge in [-0.05, 0) is 77.4 Å². The second-order valence-corrected chi connectivity index (χ2v) is 12.0. The van der Waals surface area contributed by atoms with Crippen LogP contribution in [0.1, 0.15) is 35.4 Å². The summed E-state index contributed by atoms with van der Waals surface area (Å²) in [7, 11) is -2.99. The van der Waals surface area contributed by atoms with Crippen LogP contribution in [0.25, 0.3) is 11.1 Å². The van der Waals surface area contributed by atoms with Gasteiger partial charge in [0.15, 0.2) is 6.61 Å². The fraction of sp³-hybridized carbons (Fsp3) is 0.345. The second-order valence-electron chi connectivity index (χ2n) is 9.78. The largest absolute Gasteiger partial charge is 0.582 e. The molecule has 37 heavy (non-hydrogen) atoms. The van der Waals surface area contributed by atoms with Crippen LogP contribution in [0.3, 0.4) is 0 Å². The fourth-order valence-corrected chi connectivity index (χ4v) is 5.42. The number of fused-ring (bicyclic) bond motifs is 3. The van der Waals surface area contributed by atoms with E-state index in [0.29, 0.717) is 32.7 Å². The minimum absolute atomic E-state index is 0.110. The summed E-state index contributed by atoms with van der Waals surface area (Å²) in [4.78, 5) is 11.1. The van der Waals surface area contributed by atoms with E-state index < -0.39 is 15.8 Å².